The van der Waals surface area contributed by atoms with Gasteiger partial charge < -0.3 is 9.47 Å². The molecule has 21 heavy (non-hydrogen) atoms. The predicted molar refractivity (Wildman–Crippen MR) is 82.6 cm³/mol. The van der Waals surface area contributed by atoms with Gasteiger partial charge in [-0.25, -0.2) is 0 Å². The van der Waals surface area contributed by atoms with Crippen molar-refractivity contribution in [1.29, 1.82) is 0 Å². The molecular weight excluding hydrogens is 314 g/mol. The maximum absolute atomic E-state index is 14.0. The van der Waals surface area contributed by atoms with Crippen LogP contribution >= 0.6 is 23.5 Å². The summed E-state index contributed by atoms with van der Waals surface area (Å²) in [4.78, 5) is 0.976. The zero-order valence-corrected chi connectivity index (χ0v) is 13.1. The molecule has 0 unspecified atom stereocenters. The Morgan fingerprint density at radius 1 is 0.714 bits per heavy atom. The fourth-order valence-electron chi connectivity index (χ4n) is 1.58. The van der Waals surface area contributed by atoms with Gasteiger partial charge in [-0.2, -0.15) is 8.78 Å². The first-order chi connectivity index (χ1) is 10.0. The van der Waals surface area contributed by atoms with Crippen LogP contribution in [0.4, 0.5) is 8.78 Å². The molecule has 0 saturated carbocycles. The van der Waals surface area contributed by atoms with Crippen molar-refractivity contribution in [3.8, 4) is 11.5 Å². The average Bonchev–Trinajstić information content (AvgIpc) is 2.48. The first-order valence-corrected chi connectivity index (χ1v) is 7.69. The van der Waals surface area contributed by atoms with Crippen molar-refractivity contribution in [2.24, 2.45) is 0 Å². The highest BCUT2D eigenvalue weighted by Gasteiger charge is 2.32. The summed E-state index contributed by atoms with van der Waals surface area (Å²) in [7, 11) is 3.08. The van der Waals surface area contributed by atoms with Crippen LogP contribution in [0.5, 0.6) is 11.5 Å². The lowest BCUT2D eigenvalue weighted by Crippen LogP contribution is -2.03. The Labute approximate surface area is 130 Å². The van der Waals surface area contributed by atoms with Crippen LogP contribution in [0.1, 0.15) is 0 Å². The number of halogens is 2. The average molecular weight is 328 g/mol. The molecule has 0 aromatic heterocycles. The van der Waals surface area contributed by atoms with Gasteiger partial charge in [0.05, 0.1) is 14.2 Å². The predicted octanol–water partition coefficient (Wildman–Crippen LogP) is 5.14. The number of rotatable bonds is 6. The molecule has 6 heteroatoms. The van der Waals surface area contributed by atoms with Crippen LogP contribution in [0.3, 0.4) is 0 Å². The summed E-state index contributed by atoms with van der Waals surface area (Å²) in [6.07, 6.45) is 0. The highest BCUT2D eigenvalue weighted by molar-refractivity contribution is 8.17. The van der Waals surface area contributed by atoms with E-state index in [4.69, 9.17) is 9.47 Å². The molecule has 0 heterocycles. The molecule has 0 bridgehead atoms. The van der Waals surface area contributed by atoms with Gasteiger partial charge in [-0.3, -0.25) is 0 Å². The van der Waals surface area contributed by atoms with Crippen molar-refractivity contribution in [3.63, 3.8) is 0 Å². The van der Waals surface area contributed by atoms with E-state index in [0.717, 1.165) is 0 Å². The molecule has 0 amide bonds. The lowest BCUT2D eigenvalue weighted by Gasteiger charge is -2.15. The van der Waals surface area contributed by atoms with E-state index in [1.165, 1.54) is 14.2 Å². The number of hydrogen-bond acceptors (Lipinski definition) is 4. The quantitative estimate of drug-likeness (QED) is 0.540. The van der Waals surface area contributed by atoms with E-state index in [-0.39, 0.29) is 0 Å². The second kappa shape index (κ2) is 7.04. The normalized spacial score (nSPS) is 11.2. The summed E-state index contributed by atoms with van der Waals surface area (Å²) in [5.74, 6) is 1.29. The van der Waals surface area contributed by atoms with E-state index in [0.29, 0.717) is 44.8 Å². The second-order valence-electron chi connectivity index (χ2n) is 4.02. The Balaban J connectivity index is 2.02. The smallest absolute Gasteiger partial charge is 0.350 e. The summed E-state index contributed by atoms with van der Waals surface area (Å²) >= 11 is 1.03. The second-order valence-corrected chi connectivity index (χ2v) is 6.65. The molecule has 0 N–H and O–H groups in total. The monoisotopic (exact) mass is 328 g/mol. The van der Waals surface area contributed by atoms with Gasteiger partial charge in [0.25, 0.3) is 0 Å². The van der Waals surface area contributed by atoms with E-state index in [2.05, 4.69) is 0 Å². The minimum absolute atomic E-state index is 0.488. The Kier molecular flexibility index (Phi) is 5.36. The van der Waals surface area contributed by atoms with Gasteiger partial charge in [-0.15, -0.1) is 0 Å². The molecule has 0 aliphatic rings. The van der Waals surface area contributed by atoms with Gasteiger partial charge in [0.1, 0.15) is 11.5 Å². The molecule has 2 aromatic rings. The van der Waals surface area contributed by atoms with E-state index < -0.39 is 4.59 Å². The van der Waals surface area contributed by atoms with Crippen molar-refractivity contribution < 1.29 is 18.3 Å². The third kappa shape index (κ3) is 4.82. The molecule has 0 aliphatic carbocycles. The summed E-state index contributed by atoms with van der Waals surface area (Å²) in [6, 6.07) is 13.1. The molecule has 2 nitrogen and oxygen atoms in total. The van der Waals surface area contributed by atoms with Crippen molar-refractivity contribution in [2.75, 3.05) is 14.2 Å². The minimum atomic E-state index is -2.96. The van der Waals surface area contributed by atoms with Crippen LogP contribution in [0.15, 0.2) is 58.3 Å². The summed E-state index contributed by atoms with van der Waals surface area (Å²) in [6.45, 7) is 0. The minimum Gasteiger partial charge on any atom is -0.497 e. The zero-order chi connectivity index (χ0) is 15.3. The van der Waals surface area contributed by atoms with Gasteiger partial charge in [0.2, 0.25) is 0 Å². The third-order valence-electron chi connectivity index (χ3n) is 2.59. The van der Waals surface area contributed by atoms with E-state index in [1.54, 1.807) is 48.5 Å². The molecule has 2 rings (SSSR count). The Bertz CT molecular complexity index is 520. The van der Waals surface area contributed by atoms with E-state index >= 15 is 0 Å². The van der Waals surface area contributed by atoms with Crippen LogP contribution in [0, 0.1) is 0 Å². The number of ether oxygens (including phenoxy) is 2. The lowest BCUT2D eigenvalue weighted by molar-refractivity contribution is 0.212. The third-order valence-corrected chi connectivity index (χ3v) is 4.58. The molecule has 0 radical (unpaired) electrons. The van der Waals surface area contributed by atoms with Gasteiger partial charge in [0.15, 0.2) is 0 Å². The fourth-order valence-corrected chi connectivity index (χ4v) is 3.42. The molecule has 2 aromatic carbocycles. The van der Waals surface area contributed by atoms with Crippen LogP contribution < -0.4 is 9.47 Å². The lowest BCUT2D eigenvalue weighted by atomic mass is 10.3. The molecule has 0 saturated heterocycles. The van der Waals surface area contributed by atoms with Gasteiger partial charge in [-0.05, 0) is 72.1 Å². The SMILES string of the molecule is COc1ccc(SC(F)(F)Sc2ccc(OC)cc2)cc1. The Hall–Kier alpha value is -1.40. The summed E-state index contributed by atoms with van der Waals surface area (Å²) in [5, 5.41) is 0. The topological polar surface area (TPSA) is 18.5 Å². The molecular formula is C15H14F2O2S2. The summed E-state index contributed by atoms with van der Waals surface area (Å²) < 4.78 is 35.1. The van der Waals surface area contributed by atoms with Crippen molar-refractivity contribution in [3.05, 3.63) is 48.5 Å². The highest BCUT2D eigenvalue weighted by Crippen LogP contribution is 2.48. The zero-order valence-electron chi connectivity index (χ0n) is 11.5. The van der Waals surface area contributed by atoms with Gasteiger partial charge in [-0.1, -0.05) is 0 Å². The first kappa shape index (κ1) is 16.0. The fraction of sp³-hybridized carbons (Fsp3) is 0.200. The molecule has 0 aliphatic heterocycles. The van der Waals surface area contributed by atoms with Crippen LogP contribution in [0.25, 0.3) is 0 Å². The van der Waals surface area contributed by atoms with Crippen LogP contribution in [-0.4, -0.2) is 18.8 Å². The molecule has 0 atom stereocenters. The number of hydrogen-bond donors (Lipinski definition) is 0. The Morgan fingerprint density at radius 2 is 1.05 bits per heavy atom. The standard InChI is InChI=1S/C15H14F2O2S2/c1-18-11-3-7-13(8-4-11)20-15(16,17)21-14-9-5-12(19-2)6-10-14/h3-10H,1-2H3. The number of methoxy groups -OCH3 is 2. The van der Waals surface area contributed by atoms with Gasteiger partial charge >= 0.3 is 4.59 Å². The van der Waals surface area contributed by atoms with Crippen molar-refractivity contribution >= 4 is 23.5 Å². The van der Waals surface area contributed by atoms with Crippen molar-refractivity contribution in [1.82, 2.24) is 0 Å². The van der Waals surface area contributed by atoms with Crippen LogP contribution in [-0.2, 0) is 0 Å². The summed E-state index contributed by atoms with van der Waals surface area (Å²) in [5.41, 5.74) is 0. The maximum atomic E-state index is 14.0. The van der Waals surface area contributed by atoms with E-state index in [1.807, 2.05) is 0 Å². The van der Waals surface area contributed by atoms with Gasteiger partial charge in [0, 0.05) is 9.79 Å². The van der Waals surface area contributed by atoms with Crippen molar-refractivity contribution in [2.45, 2.75) is 14.4 Å². The molecule has 0 spiro atoms. The maximum Gasteiger partial charge on any atom is 0.350 e. The van der Waals surface area contributed by atoms with E-state index in [9.17, 15) is 8.78 Å². The molecule has 112 valence electrons. The number of thioether (sulfide) groups is 2. The largest absolute Gasteiger partial charge is 0.497 e. The van der Waals surface area contributed by atoms with Crippen LogP contribution in [0.2, 0.25) is 0 Å². The first-order valence-electron chi connectivity index (χ1n) is 6.06. The number of alkyl halides is 2. The number of benzene rings is 2. The Morgan fingerprint density at radius 3 is 1.33 bits per heavy atom. The highest BCUT2D eigenvalue weighted by atomic mass is 32.2. The molecule has 0 fully saturated rings.